The van der Waals surface area contributed by atoms with Gasteiger partial charge < -0.3 is 0 Å². The molecule has 0 aromatic heterocycles. The molecule has 0 saturated heterocycles. The highest BCUT2D eigenvalue weighted by Gasteiger charge is 2.53. The van der Waals surface area contributed by atoms with Crippen molar-refractivity contribution in [2.24, 2.45) is 23.2 Å². The number of rotatable bonds is 4. The molecule has 0 aromatic rings. The molecule has 3 unspecified atom stereocenters. The molecule has 14 heavy (non-hydrogen) atoms. The lowest BCUT2D eigenvalue weighted by Crippen LogP contribution is -2.52. The highest BCUT2D eigenvalue weighted by molar-refractivity contribution is 7.98. The minimum absolute atomic E-state index is 0.697. The van der Waals surface area contributed by atoms with E-state index in [4.69, 9.17) is 0 Å². The van der Waals surface area contributed by atoms with Crippen LogP contribution in [0.15, 0.2) is 0 Å². The summed E-state index contributed by atoms with van der Waals surface area (Å²) in [6.45, 7) is 5.01. The van der Waals surface area contributed by atoms with Crippen LogP contribution >= 0.6 is 11.8 Å². The maximum absolute atomic E-state index is 2.51. The van der Waals surface area contributed by atoms with Crippen molar-refractivity contribution in [1.82, 2.24) is 0 Å². The molecule has 0 spiro atoms. The molecule has 0 amide bonds. The fourth-order valence-corrected chi connectivity index (χ4v) is 4.25. The quantitative estimate of drug-likeness (QED) is 0.629. The van der Waals surface area contributed by atoms with Crippen molar-refractivity contribution in [3.8, 4) is 0 Å². The molecule has 82 valence electrons. The SMILES string of the molecule is CSCCCC1CCC2CC1C2(C)C. The Hall–Kier alpha value is 0.350. The Labute approximate surface area is 93.2 Å². The molecular formula is C13H24S. The fraction of sp³-hybridized carbons (Fsp3) is 1.00. The topological polar surface area (TPSA) is 0 Å². The van der Waals surface area contributed by atoms with E-state index in [0.717, 1.165) is 17.8 Å². The van der Waals surface area contributed by atoms with Crippen molar-refractivity contribution >= 4 is 11.8 Å². The van der Waals surface area contributed by atoms with Gasteiger partial charge in [-0.3, -0.25) is 0 Å². The van der Waals surface area contributed by atoms with Gasteiger partial charge in [0.25, 0.3) is 0 Å². The van der Waals surface area contributed by atoms with Gasteiger partial charge in [0.05, 0.1) is 0 Å². The Balaban J connectivity index is 1.82. The summed E-state index contributed by atoms with van der Waals surface area (Å²) in [7, 11) is 0. The summed E-state index contributed by atoms with van der Waals surface area (Å²) in [6.07, 6.45) is 9.78. The normalized spacial score (nSPS) is 39.2. The van der Waals surface area contributed by atoms with Gasteiger partial charge in [0.2, 0.25) is 0 Å². The third kappa shape index (κ3) is 1.73. The lowest BCUT2D eigenvalue weighted by molar-refractivity contribution is -0.106. The van der Waals surface area contributed by atoms with Gasteiger partial charge in [0.1, 0.15) is 0 Å². The van der Waals surface area contributed by atoms with Crippen LogP contribution in [-0.4, -0.2) is 12.0 Å². The largest absolute Gasteiger partial charge is 0.165 e. The van der Waals surface area contributed by atoms with Gasteiger partial charge in [-0.1, -0.05) is 13.8 Å². The zero-order valence-corrected chi connectivity index (χ0v) is 10.7. The van der Waals surface area contributed by atoms with Crippen molar-refractivity contribution in [3.05, 3.63) is 0 Å². The van der Waals surface area contributed by atoms with E-state index in [0.29, 0.717) is 5.41 Å². The first-order valence-corrected chi connectivity index (χ1v) is 7.54. The van der Waals surface area contributed by atoms with E-state index in [-0.39, 0.29) is 0 Å². The van der Waals surface area contributed by atoms with Crippen LogP contribution in [-0.2, 0) is 0 Å². The Morgan fingerprint density at radius 2 is 2.07 bits per heavy atom. The third-order valence-electron chi connectivity index (χ3n) is 4.92. The highest BCUT2D eigenvalue weighted by Crippen LogP contribution is 2.62. The monoisotopic (exact) mass is 212 g/mol. The molecular weight excluding hydrogens is 188 g/mol. The molecule has 3 rings (SSSR count). The summed E-state index contributed by atoms with van der Waals surface area (Å²) in [5, 5.41) is 0. The third-order valence-corrected chi connectivity index (χ3v) is 5.62. The Morgan fingerprint density at radius 1 is 1.29 bits per heavy atom. The lowest BCUT2D eigenvalue weighted by Gasteiger charge is -2.60. The summed E-state index contributed by atoms with van der Waals surface area (Å²) < 4.78 is 0. The van der Waals surface area contributed by atoms with Crippen LogP contribution in [0.5, 0.6) is 0 Å². The van der Waals surface area contributed by atoms with Crippen LogP contribution in [0.25, 0.3) is 0 Å². The molecule has 1 heteroatoms. The van der Waals surface area contributed by atoms with Gasteiger partial charge >= 0.3 is 0 Å². The van der Waals surface area contributed by atoms with Crippen LogP contribution in [0.2, 0.25) is 0 Å². The minimum Gasteiger partial charge on any atom is -0.165 e. The summed E-state index contributed by atoms with van der Waals surface area (Å²) in [5.74, 6) is 4.59. The summed E-state index contributed by atoms with van der Waals surface area (Å²) in [6, 6.07) is 0. The molecule has 0 heterocycles. The van der Waals surface area contributed by atoms with Crippen LogP contribution in [0.3, 0.4) is 0 Å². The van der Waals surface area contributed by atoms with Gasteiger partial charge in [0.15, 0.2) is 0 Å². The average Bonchev–Trinajstić information content (AvgIpc) is 2.18. The minimum atomic E-state index is 0.697. The van der Waals surface area contributed by atoms with Crippen molar-refractivity contribution in [3.63, 3.8) is 0 Å². The second-order valence-electron chi connectivity index (χ2n) is 5.83. The van der Waals surface area contributed by atoms with Crippen LogP contribution in [0.1, 0.15) is 46.0 Å². The Kier molecular flexibility index (Phi) is 3.16. The standard InChI is InChI=1S/C13H24S/c1-13(2)11-7-6-10(12(13)9-11)5-4-8-14-3/h10-12H,4-9H2,1-3H3. The van der Waals surface area contributed by atoms with Gasteiger partial charge in [-0.05, 0) is 67.3 Å². The average molecular weight is 212 g/mol. The number of thioether (sulfide) groups is 1. The summed E-state index contributed by atoms with van der Waals surface area (Å²) in [5.41, 5.74) is 0.697. The van der Waals surface area contributed by atoms with E-state index in [1.165, 1.54) is 31.4 Å². The molecule has 0 aromatic carbocycles. The van der Waals surface area contributed by atoms with E-state index in [1.807, 2.05) is 11.8 Å². The molecule has 0 aliphatic heterocycles. The smallest absolute Gasteiger partial charge is 0.00702 e. The van der Waals surface area contributed by atoms with Gasteiger partial charge in [-0.25, -0.2) is 0 Å². The first-order chi connectivity index (χ1) is 6.66. The van der Waals surface area contributed by atoms with Crippen molar-refractivity contribution in [2.75, 3.05) is 12.0 Å². The number of hydrogen-bond acceptors (Lipinski definition) is 1. The lowest BCUT2D eigenvalue weighted by atomic mass is 9.45. The van der Waals surface area contributed by atoms with E-state index in [1.54, 1.807) is 6.42 Å². The van der Waals surface area contributed by atoms with Crippen molar-refractivity contribution in [2.45, 2.75) is 46.0 Å². The second kappa shape index (κ2) is 4.08. The van der Waals surface area contributed by atoms with E-state index >= 15 is 0 Å². The summed E-state index contributed by atoms with van der Waals surface area (Å²) in [4.78, 5) is 0. The predicted octanol–water partition coefficient (Wildman–Crippen LogP) is 4.20. The molecule has 3 fully saturated rings. The van der Waals surface area contributed by atoms with Crippen LogP contribution in [0, 0.1) is 23.2 Å². The molecule has 2 bridgehead atoms. The molecule has 3 atom stereocenters. The molecule has 0 nitrogen and oxygen atoms in total. The van der Waals surface area contributed by atoms with Crippen molar-refractivity contribution in [1.29, 1.82) is 0 Å². The van der Waals surface area contributed by atoms with Crippen LogP contribution < -0.4 is 0 Å². The van der Waals surface area contributed by atoms with Crippen molar-refractivity contribution < 1.29 is 0 Å². The maximum atomic E-state index is 2.51. The molecule has 3 aliphatic carbocycles. The first-order valence-electron chi connectivity index (χ1n) is 6.15. The number of hydrogen-bond donors (Lipinski definition) is 0. The van der Waals surface area contributed by atoms with E-state index < -0.39 is 0 Å². The van der Waals surface area contributed by atoms with E-state index in [9.17, 15) is 0 Å². The zero-order chi connectivity index (χ0) is 10.2. The molecule has 3 saturated carbocycles. The Bertz CT molecular complexity index is 195. The Morgan fingerprint density at radius 3 is 2.64 bits per heavy atom. The molecule has 0 N–H and O–H groups in total. The van der Waals surface area contributed by atoms with Gasteiger partial charge in [-0.15, -0.1) is 0 Å². The molecule has 3 aliphatic rings. The number of fused-ring (bicyclic) bond motifs is 2. The maximum Gasteiger partial charge on any atom is -0.00702 e. The van der Waals surface area contributed by atoms with Gasteiger partial charge in [0, 0.05) is 0 Å². The highest BCUT2D eigenvalue weighted by atomic mass is 32.2. The summed E-state index contributed by atoms with van der Waals surface area (Å²) >= 11 is 2.00. The zero-order valence-electron chi connectivity index (χ0n) is 9.88. The first kappa shape index (κ1) is 10.9. The predicted molar refractivity (Wildman–Crippen MR) is 65.7 cm³/mol. The van der Waals surface area contributed by atoms with Gasteiger partial charge in [-0.2, -0.15) is 11.8 Å². The van der Waals surface area contributed by atoms with E-state index in [2.05, 4.69) is 20.1 Å². The van der Waals surface area contributed by atoms with Crippen LogP contribution in [0.4, 0.5) is 0 Å². The molecule has 0 radical (unpaired) electrons. The fourth-order valence-electron chi connectivity index (χ4n) is 3.80. The second-order valence-corrected chi connectivity index (χ2v) is 6.82.